The van der Waals surface area contributed by atoms with Crippen LogP contribution in [0.1, 0.15) is 153 Å². The molecule has 3 amide bonds. The Morgan fingerprint density at radius 1 is 0.479 bits per heavy atom. The monoisotopic (exact) mass is 1620 g/mol. The molecular formula is C72H95Br5N4O13. The number of nitrogens with zero attached hydrogens (tertiary/aromatic N) is 2. The quantitative estimate of drug-likeness (QED) is 0.0201. The van der Waals surface area contributed by atoms with Crippen LogP contribution in [0.5, 0.6) is 23.0 Å². The van der Waals surface area contributed by atoms with Crippen LogP contribution in [0.15, 0.2) is 163 Å². The van der Waals surface area contributed by atoms with Crippen molar-refractivity contribution in [3.8, 4) is 23.0 Å². The van der Waals surface area contributed by atoms with Crippen molar-refractivity contribution < 1.29 is 62.2 Å². The second-order valence-electron chi connectivity index (χ2n) is 23.9. The number of fused-ring (bicyclic) bond motifs is 2. The molecule has 6 aromatic rings. The molecular weight excluding hydrogens is 1530 g/mol. The number of benzene rings is 6. The smallest absolute Gasteiger partial charge is 0.508 e. The van der Waals surface area contributed by atoms with Crippen LogP contribution in [-0.2, 0) is 32.0 Å². The molecule has 0 saturated heterocycles. The van der Waals surface area contributed by atoms with Crippen molar-refractivity contribution in [1.82, 2.24) is 15.1 Å². The van der Waals surface area contributed by atoms with Crippen molar-refractivity contribution in [1.29, 1.82) is 0 Å². The van der Waals surface area contributed by atoms with Gasteiger partial charge in [-0.1, -0.05) is 123 Å². The molecule has 0 bridgehead atoms. The minimum absolute atomic E-state index is 0. The van der Waals surface area contributed by atoms with Gasteiger partial charge in [0.25, 0.3) is 11.8 Å². The predicted molar refractivity (Wildman–Crippen MR) is 391 cm³/mol. The fourth-order valence-corrected chi connectivity index (χ4v) is 9.44. The topological polar surface area (TPSA) is 215 Å². The number of hydrogen-bond donors (Lipinski definition) is 3. The van der Waals surface area contributed by atoms with Crippen LogP contribution < -0.4 is 25.3 Å². The predicted octanol–water partition coefficient (Wildman–Crippen LogP) is 19.4. The van der Waals surface area contributed by atoms with E-state index in [0.717, 1.165) is 148 Å². The first-order valence-electron chi connectivity index (χ1n) is 30.8. The lowest BCUT2D eigenvalue weighted by molar-refractivity contribution is -0.0294. The zero-order chi connectivity index (χ0) is 68.8. The van der Waals surface area contributed by atoms with Crippen LogP contribution in [0.4, 0.5) is 14.4 Å². The van der Waals surface area contributed by atoms with Crippen LogP contribution in [0.25, 0.3) is 0 Å². The molecule has 0 atom stereocenters. The van der Waals surface area contributed by atoms with Gasteiger partial charge in [-0.2, -0.15) is 0 Å². The summed E-state index contributed by atoms with van der Waals surface area (Å²) in [4.78, 5) is 61.4. The van der Waals surface area contributed by atoms with Gasteiger partial charge in [0.1, 0.15) is 39.8 Å². The van der Waals surface area contributed by atoms with Crippen LogP contribution in [0, 0.1) is 0 Å². The number of alkyl carbamates (subject to hydrolysis) is 1. The Morgan fingerprint density at radius 2 is 0.819 bits per heavy atom. The maximum atomic E-state index is 12.2. The highest BCUT2D eigenvalue weighted by atomic mass is 79.9. The van der Waals surface area contributed by atoms with Gasteiger partial charge in [0.05, 0.1) is 19.8 Å². The van der Waals surface area contributed by atoms with Crippen molar-refractivity contribution in [2.75, 3.05) is 51.3 Å². The first-order chi connectivity index (χ1) is 44.0. The molecule has 0 aliphatic carbocycles. The number of ether oxygens (including phenoxy) is 7. The number of nitrogens with one attached hydrogen (secondary N) is 1. The van der Waals surface area contributed by atoms with E-state index in [0.29, 0.717) is 25.5 Å². The van der Waals surface area contributed by atoms with Gasteiger partial charge in [0.2, 0.25) is 0 Å². The summed E-state index contributed by atoms with van der Waals surface area (Å²) in [6.07, 6.45) is 5.39. The highest BCUT2D eigenvalue weighted by Crippen LogP contribution is 2.25. The summed E-state index contributed by atoms with van der Waals surface area (Å²) in [6, 6.07) is 46.0. The van der Waals surface area contributed by atoms with E-state index in [2.05, 4.69) is 89.7 Å². The minimum Gasteiger partial charge on any atom is -0.508 e. The van der Waals surface area contributed by atoms with Crippen LogP contribution in [0.3, 0.4) is 0 Å². The van der Waals surface area contributed by atoms with Gasteiger partial charge in [-0.25, -0.2) is 14.4 Å². The molecule has 0 fully saturated rings. The molecule has 0 aromatic heterocycles. The van der Waals surface area contributed by atoms with Gasteiger partial charge in [0, 0.05) is 67.1 Å². The number of unbranched alkanes of at least 4 members (excludes halogenated alkanes) is 4. The molecule has 2 heterocycles. The van der Waals surface area contributed by atoms with E-state index < -0.39 is 29.1 Å². The van der Waals surface area contributed by atoms with E-state index in [1.165, 1.54) is 5.56 Å². The number of phenolic OH excluding ortho intramolecular Hbond substituents is 1. The zero-order valence-electron chi connectivity index (χ0n) is 54.8. The van der Waals surface area contributed by atoms with Crippen molar-refractivity contribution in [3.05, 3.63) is 186 Å². The molecule has 2 aliphatic rings. The average molecular weight is 1620 g/mol. The molecule has 4 N–H and O–H groups in total. The summed E-state index contributed by atoms with van der Waals surface area (Å²) in [7, 11) is 0. The number of phenols is 1. The van der Waals surface area contributed by atoms with Crippen molar-refractivity contribution in [2.45, 2.75) is 151 Å². The molecule has 94 heavy (non-hydrogen) atoms. The number of halogens is 5. The number of carbonyl (C=O) groups is 5. The third-order valence-electron chi connectivity index (χ3n) is 12.3. The van der Waals surface area contributed by atoms with E-state index in [1.807, 2.05) is 152 Å². The largest absolute Gasteiger partial charge is 0.519 e. The lowest BCUT2D eigenvalue weighted by atomic mass is 10.1. The first-order valence-corrected chi connectivity index (χ1v) is 35.0. The highest BCUT2D eigenvalue weighted by Gasteiger charge is 2.28. The Balaban J connectivity index is 0.000000392. The van der Waals surface area contributed by atoms with Gasteiger partial charge in [0.15, 0.2) is 0 Å². The summed E-state index contributed by atoms with van der Waals surface area (Å²) in [5, 5.41) is 12.5. The van der Waals surface area contributed by atoms with E-state index in [-0.39, 0.29) is 25.3 Å². The Bertz CT molecular complexity index is 3090. The number of hydrogen-bond acceptors (Lipinski definition) is 14. The highest BCUT2D eigenvalue weighted by molar-refractivity contribution is 9.11. The molecule has 516 valence electrons. The normalized spacial score (nSPS) is 11.8. The lowest BCUT2D eigenvalue weighted by Crippen LogP contribution is -2.33. The number of alkyl halides is 1. The lowest BCUT2D eigenvalue weighted by Gasteiger charge is -2.20. The summed E-state index contributed by atoms with van der Waals surface area (Å²) >= 11 is 16.8. The molecule has 8 rings (SSSR count). The van der Waals surface area contributed by atoms with E-state index in [1.54, 1.807) is 65.8 Å². The minimum atomic E-state index is -1.06. The first kappa shape index (κ1) is 83.9. The molecule has 2 aliphatic heterocycles. The van der Waals surface area contributed by atoms with E-state index in [4.69, 9.17) is 39.3 Å². The summed E-state index contributed by atoms with van der Waals surface area (Å²) in [5.74, 6) is 3.30. The fraction of sp³-hybridized carbons (Fsp3) is 0.431. The van der Waals surface area contributed by atoms with Gasteiger partial charge < -0.3 is 59.1 Å². The second-order valence-corrected chi connectivity index (χ2v) is 28.4. The maximum Gasteiger partial charge on any atom is 0.519 e. The molecule has 0 radical (unpaired) electrons. The molecule has 0 saturated carbocycles. The fourth-order valence-electron chi connectivity index (χ4n) is 7.98. The second kappa shape index (κ2) is 45.3. The van der Waals surface area contributed by atoms with Crippen LogP contribution in [-0.4, -0.2) is 113 Å². The molecule has 6 aromatic carbocycles. The molecule has 0 unspecified atom stereocenters. The SMILES string of the molecule is C.CC(C)(C)OC(=O)NCCCCOc1ccc(Br)cc1.CC(C)(C)OC(=O)OC(=O)OC(C)(C)C.NCCCCOc1ccc(Br)cc1.O=C1c2ccccc2CN1CCCCBr.O=C1c2ccccc2CN1CCCCOc1ccc(Br)cc1.Oc1ccc(Br)cc1. The van der Waals surface area contributed by atoms with Gasteiger partial charge in [-0.3, -0.25) is 9.59 Å². The number of carbonyl (C=O) groups excluding carboxylic acids is 5. The molecule has 17 nitrogen and oxygen atoms in total. The summed E-state index contributed by atoms with van der Waals surface area (Å²) in [6.45, 7) is 22.1. The van der Waals surface area contributed by atoms with Gasteiger partial charge >= 0.3 is 18.4 Å². The molecule has 0 spiro atoms. The van der Waals surface area contributed by atoms with E-state index >= 15 is 0 Å². The zero-order valence-corrected chi connectivity index (χ0v) is 62.7. The number of amides is 3. The third kappa shape index (κ3) is 38.4. The number of aromatic hydroxyl groups is 1. The van der Waals surface area contributed by atoms with Crippen molar-refractivity contribution in [2.24, 2.45) is 5.73 Å². The average Bonchev–Trinajstić information content (AvgIpc) is 1.69. The Kier molecular flexibility index (Phi) is 40.4. The molecule has 22 heteroatoms. The van der Waals surface area contributed by atoms with Crippen molar-refractivity contribution >= 4 is 110 Å². The van der Waals surface area contributed by atoms with Gasteiger partial charge in [-0.05, 0) is 241 Å². The number of nitrogens with two attached hydrogens (primary N) is 1. The standard InChI is InChI=1S/C18H18BrNO2.C15H22BrNO3.C12H14BrNO.C10H14BrNO.C10H18O5.C6H5BrO.CH4/c19-15-7-9-16(10-8-15)22-12-4-3-11-20-13-14-5-1-2-6-17(14)18(20)21;1-15(2,3)20-14(18)17-10-4-5-11-19-13-8-6-12(16)7-9-13;13-7-3-4-8-14-9-10-5-1-2-6-11(10)12(14)15;11-9-3-5-10(6-4-9)13-8-2-1-7-12;1-9(2,3)14-7(11)13-8(12)15-10(4,5)6;7-5-1-3-6(8)4-2-5;/h1-2,5-10H,3-4,11-13H2;6-9H,4-5,10-11H2,1-3H3,(H,17,18);1-2,5-6H,3-4,7-9H2;3-6H,1-2,7-8,12H2;1-6H3;1-4,8H;1H4. The summed E-state index contributed by atoms with van der Waals surface area (Å²) < 4.78 is 39.8. The van der Waals surface area contributed by atoms with Crippen molar-refractivity contribution in [3.63, 3.8) is 0 Å². The summed E-state index contributed by atoms with van der Waals surface area (Å²) in [5.41, 5.74) is 7.57. The number of rotatable bonds is 21. The Hall–Kier alpha value is -6.17. The Morgan fingerprint density at radius 3 is 1.16 bits per heavy atom. The van der Waals surface area contributed by atoms with Crippen LogP contribution >= 0.6 is 79.6 Å². The van der Waals surface area contributed by atoms with Gasteiger partial charge in [-0.15, -0.1) is 0 Å². The third-order valence-corrected chi connectivity index (χ3v) is 15.0. The van der Waals surface area contributed by atoms with E-state index in [9.17, 15) is 24.0 Å². The Labute approximate surface area is 599 Å². The van der Waals surface area contributed by atoms with Crippen LogP contribution in [0.2, 0.25) is 0 Å². The maximum absolute atomic E-state index is 12.2.